The number of nitrogens with one attached hydrogen (secondary N) is 1. The maximum Gasteiger partial charge on any atom is 0.254 e. The zero-order valence-corrected chi connectivity index (χ0v) is 13.1. The summed E-state index contributed by atoms with van der Waals surface area (Å²) in [6.07, 6.45) is 4.35. The monoisotopic (exact) mass is 313 g/mol. The maximum absolute atomic E-state index is 6.29. The average molecular weight is 314 g/mol. The SMILES string of the molecule is Cc1nc2nc3c(c(Nc4ccccc4Cl)n2n1)CCCC3. The molecule has 0 unspecified atom stereocenters. The largest absolute Gasteiger partial charge is 0.339 e. The maximum atomic E-state index is 6.29. The molecule has 1 aliphatic carbocycles. The van der Waals surface area contributed by atoms with E-state index in [2.05, 4.69) is 20.4 Å². The van der Waals surface area contributed by atoms with Crippen LogP contribution in [0.4, 0.5) is 11.5 Å². The Kier molecular flexibility index (Phi) is 3.22. The lowest BCUT2D eigenvalue weighted by atomic mass is 9.96. The lowest BCUT2D eigenvalue weighted by Crippen LogP contribution is -2.13. The first kappa shape index (κ1) is 13.5. The van der Waals surface area contributed by atoms with Crippen molar-refractivity contribution in [3.8, 4) is 0 Å². The van der Waals surface area contributed by atoms with Crippen LogP contribution in [0.3, 0.4) is 0 Å². The number of anilines is 2. The highest BCUT2D eigenvalue weighted by Gasteiger charge is 2.20. The molecule has 0 spiro atoms. The van der Waals surface area contributed by atoms with E-state index in [-0.39, 0.29) is 0 Å². The molecule has 0 bridgehead atoms. The van der Waals surface area contributed by atoms with E-state index in [1.54, 1.807) is 4.52 Å². The van der Waals surface area contributed by atoms with Crippen LogP contribution >= 0.6 is 11.6 Å². The molecule has 2 aromatic heterocycles. The third-order valence-corrected chi connectivity index (χ3v) is 4.32. The zero-order chi connectivity index (χ0) is 15.1. The van der Waals surface area contributed by atoms with E-state index in [4.69, 9.17) is 11.6 Å². The summed E-state index contributed by atoms with van der Waals surface area (Å²) in [7, 11) is 0. The Hall–Kier alpha value is -2.14. The quantitative estimate of drug-likeness (QED) is 0.783. The lowest BCUT2D eigenvalue weighted by molar-refractivity contribution is 0.662. The summed E-state index contributed by atoms with van der Waals surface area (Å²) in [6, 6.07) is 7.73. The number of hydrogen-bond donors (Lipinski definition) is 1. The molecule has 22 heavy (non-hydrogen) atoms. The minimum absolute atomic E-state index is 0.646. The van der Waals surface area contributed by atoms with Crippen LogP contribution in [-0.4, -0.2) is 19.6 Å². The van der Waals surface area contributed by atoms with Crippen molar-refractivity contribution >= 4 is 28.9 Å². The van der Waals surface area contributed by atoms with Crippen molar-refractivity contribution in [3.63, 3.8) is 0 Å². The Labute approximate surface area is 133 Å². The van der Waals surface area contributed by atoms with Crippen LogP contribution in [0.2, 0.25) is 5.02 Å². The highest BCUT2D eigenvalue weighted by Crippen LogP contribution is 2.31. The molecular weight excluding hydrogens is 298 g/mol. The second kappa shape index (κ2) is 5.25. The normalized spacial score (nSPS) is 14.1. The van der Waals surface area contributed by atoms with Crippen molar-refractivity contribution in [2.45, 2.75) is 32.6 Å². The average Bonchev–Trinajstić information content (AvgIpc) is 2.89. The van der Waals surface area contributed by atoms with Gasteiger partial charge in [-0.2, -0.15) is 9.50 Å². The predicted octanol–water partition coefficient (Wildman–Crippen LogP) is 3.71. The van der Waals surface area contributed by atoms with Crippen molar-refractivity contribution in [1.82, 2.24) is 19.6 Å². The Morgan fingerprint density at radius 3 is 2.82 bits per heavy atom. The highest BCUT2D eigenvalue weighted by atomic mass is 35.5. The molecule has 6 heteroatoms. The topological polar surface area (TPSA) is 55.1 Å². The summed E-state index contributed by atoms with van der Waals surface area (Å²) in [5.74, 6) is 2.30. The van der Waals surface area contributed by atoms with Crippen molar-refractivity contribution in [2.75, 3.05) is 5.32 Å². The molecule has 4 rings (SSSR count). The van der Waals surface area contributed by atoms with Gasteiger partial charge in [0.2, 0.25) is 0 Å². The van der Waals surface area contributed by atoms with Gasteiger partial charge in [-0.3, -0.25) is 0 Å². The number of halogens is 1. The number of rotatable bonds is 2. The van der Waals surface area contributed by atoms with Crippen LogP contribution in [0.15, 0.2) is 24.3 Å². The van der Waals surface area contributed by atoms with Gasteiger partial charge in [0.15, 0.2) is 0 Å². The van der Waals surface area contributed by atoms with Gasteiger partial charge in [-0.1, -0.05) is 23.7 Å². The van der Waals surface area contributed by atoms with Gasteiger partial charge >= 0.3 is 0 Å². The molecular formula is C16H16ClN5. The molecule has 2 heterocycles. The standard InChI is InChI=1S/C16H16ClN5/c1-10-18-16-20-13-8-4-2-6-11(13)15(22(16)21-10)19-14-9-5-3-7-12(14)17/h3,5,7,9,19H,2,4,6,8H2,1H3. The number of nitrogens with zero attached hydrogens (tertiary/aromatic N) is 4. The van der Waals surface area contributed by atoms with Crippen LogP contribution in [0.25, 0.3) is 5.78 Å². The summed E-state index contributed by atoms with van der Waals surface area (Å²) < 4.78 is 1.79. The number of aromatic nitrogens is 4. The molecule has 0 saturated heterocycles. The summed E-state index contributed by atoms with van der Waals surface area (Å²) in [4.78, 5) is 9.09. The fourth-order valence-electron chi connectivity index (χ4n) is 2.96. The van der Waals surface area contributed by atoms with E-state index < -0.39 is 0 Å². The van der Waals surface area contributed by atoms with Gasteiger partial charge in [-0.25, -0.2) is 4.98 Å². The highest BCUT2D eigenvalue weighted by molar-refractivity contribution is 6.33. The smallest absolute Gasteiger partial charge is 0.254 e. The molecule has 3 aromatic rings. The Balaban J connectivity index is 1.92. The second-order valence-corrected chi connectivity index (χ2v) is 5.98. The third kappa shape index (κ3) is 2.22. The first-order chi connectivity index (χ1) is 10.7. The van der Waals surface area contributed by atoms with Gasteiger partial charge in [0, 0.05) is 5.56 Å². The fourth-order valence-corrected chi connectivity index (χ4v) is 3.14. The third-order valence-electron chi connectivity index (χ3n) is 3.99. The molecule has 0 radical (unpaired) electrons. The number of para-hydroxylation sites is 1. The number of fused-ring (bicyclic) bond motifs is 2. The van der Waals surface area contributed by atoms with E-state index in [1.165, 1.54) is 18.4 Å². The molecule has 0 saturated carbocycles. The molecule has 0 amide bonds. The Morgan fingerprint density at radius 2 is 1.95 bits per heavy atom. The van der Waals surface area contributed by atoms with Gasteiger partial charge in [0.25, 0.3) is 5.78 Å². The van der Waals surface area contributed by atoms with Crippen molar-refractivity contribution in [1.29, 1.82) is 0 Å². The zero-order valence-electron chi connectivity index (χ0n) is 12.3. The molecule has 112 valence electrons. The first-order valence-corrected chi connectivity index (χ1v) is 7.87. The van der Waals surface area contributed by atoms with Crippen LogP contribution in [0.1, 0.15) is 29.9 Å². The van der Waals surface area contributed by atoms with Crippen molar-refractivity contribution < 1.29 is 0 Å². The van der Waals surface area contributed by atoms with Gasteiger partial charge in [-0.05, 0) is 44.7 Å². The van der Waals surface area contributed by atoms with E-state index in [0.29, 0.717) is 10.8 Å². The minimum Gasteiger partial charge on any atom is -0.339 e. The summed E-state index contributed by atoms with van der Waals surface area (Å²) in [5, 5.41) is 8.62. The summed E-state index contributed by atoms with van der Waals surface area (Å²) in [6.45, 7) is 1.88. The van der Waals surface area contributed by atoms with Crippen LogP contribution in [0.5, 0.6) is 0 Å². The number of benzene rings is 1. The number of hydrogen-bond acceptors (Lipinski definition) is 4. The van der Waals surface area contributed by atoms with Crippen molar-refractivity contribution in [3.05, 3.63) is 46.4 Å². The molecule has 1 N–H and O–H groups in total. The van der Waals surface area contributed by atoms with Crippen LogP contribution in [0, 0.1) is 6.92 Å². The van der Waals surface area contributed by atoms with Crippen LogP contribution < -0.4 is 5.32 Å². The summed E-state index contributed by atoms with van der Waals surface area (Å²) >= 11 is 6.29. The Bertz CT molecular complexity index is 855. The summed E-state index contributed by atoms with van der Waals surface area (Å²) in [5.41, 5.74) is 3.22. The lowest BCUT2D eigenvalue weighted by Gasteiger charge is -2.20. The molecule has 0 fully saturated rings. The molecule has 1 aromatic carbocycles. The second-order valence-electron chi connectivity index (χ2n) is 5.57. The van der Waals surface area contributed by atoms with Crippen molar-refractivity contribution in [2.24, 2.45) is 0 Å². The molecule has 0 atom stereocenters. The predicted molar refractivity (Wildman–Crippen MR) is 86.9 cm³/mol. The van der Waals surface area contributed by atoms with Crippen LogP contribution in [-0.2, 0) is 12.8 Å². The van der Waals surface area contributed by atoms with E-state index >= 15 is 0 Å². The molecule has 5 nitrogen and oxygen atoms in total. The van der Waals surface area contributed by atoms with E-state index in [9.17, 15) is 0 Å². The Morgan fingerprint density at radius 1 is 1.14 bits per heavy atom. The van der Waals surface area contributed by atoms with Gasteiger partial charge in [0.05, 0.1) is 16.4 Å². The van der Waals surface area contributed by atoms with Gasteiger partial charge < -0.3 is 5.32 Å². The van der Waals surface area contributed by atoms with E-state index in [1.807, 2.05) is 31.2 Å². The molecule has 1 aliphatic rings. The first-order valence-electron chi connectivity index (χ1n) is 7.49. The molecule has 0 aliphatic heterocycles. The fraction of sp³-hybridized carbons (Fsp3) is 0.312. The van der Waals surface area contributed by atoms with Gasteiger partial charge in [0.1, 0.15) is 11.6 Å². The minimum atomic E-state index is 0.646. The van der Waals surface area contributed by atoms with Gasteiger partial charge in [-0.15, -0.1) is 5.10 Å². The number of aryl methyl sites for hydroxylation is 2. The van der Waals surface area contributed by atoms with E-state index in [0.717, 1.165) is 35.9 Å².